The summed E-state index contributed by atoms with van der Waals surface area (Å²) >= 11 is 1.63. The van der Waals surface area contributed by atoms with Gasteiger partial charge in [-0.05, 0) is 69.5 Å². The molecule has 3 aromatic heterocycles. The van der Waals surface area contributed by atoms with Gasteiger partial charge in [0.2, 0.25) is 5.95 Å². The van der Waals surface area contributed by atoms with E-state index in [-0.39, 0.29) is 0 Å². The third kappa shape index (κ3) is 5.17. The number of ether oxygens (including phenoxy) is 1. The van der Waals surface area contributed by atoms with Crippen molar-refractivity contribution < 1.29 is 9.84 Å². The molecule has 0 radical (unpaired) electrons. The first-order chi connectivity index (χ1) is 16.4. The molecule has 2 aliphatic rings. The molecule has 8 nitrogen and oxygen atoms in total. The second-order valence-corrected chi connectivity index (χ2v) is 10.7. The van der Waals surface area contributed by atoms with E-state index in [2.05, 4.69) is 32.8 Å². The molecule has 34 heavy (non-hydrogen) atoms. The second kappa shape index (κ2) is 9.73. The number of thiophene rings is 1. The fraction of sp³-hybridized carbons (Fsp3) is 0.560. The van der Waals surface area contributed by atoms with Crippen LogP contribution in [0, 0.1) is 6.92 Å². The van der Waals surface area contributed by atoms with E-state index < -0.39 is 5.60 Å². The minimum Gasteiger partial charge on any atom is -0.384 e. The van der Waals surface area contributed by atoms with Crippen LogP contribution in [0.1, 0.15) is 50.8 Å². The van der Waals surface area contributed by atoms with Crippen LogP contribution in [-0.2, 0) is 10.3 Å². The number of aryl methyl sites for hydroxylation is 1. The summed E-state index contributed by atoms with van der Waals surface area (Å²) in [5, 5.41) is 20.5. The average Bonchev–Trinajstić information content (AvgIpc) is 3.20. The third-order valence-electron chi connectivity index (χ3n) is 6.83. The number of rotatable bonds is 6. The predicted molar refractivity (Wildman–Crippen MR) is 137 cm³/mol. The van der Waals surface area contributed by atoms with Crippen molar-refractivity contribution in [1.29, 1.82) is 0 Å². The first-order valence-electron chi connectivity index (χ1n) is 12.2. The zero-order chi connectivity index (χ0) is 23.7. The van der Waals surface area contributed by atoms with Gasteiger partial charge in [0, 0.05) is 25.2 Å². The molecule has 3 N–H and O–H groups in total. The smallest absolute Gasteiger partial charge is 0.226 e. The van der Waals surface area contributed by atoms with Crippen molar-refractivity contribution in [3.8, 4) is 0 Å². The maximum absolute atomic E-state index is 10.4. The van der Waals surface area contributed by atoms with Gasteiger partial charge in [0.25, 0.3) is 0 Å². The summed E-state index contributed by atoms with van der Waals surface area (Å²) < 4.78 is 5.51. The van der Waals surface area contributed by atoms with Gasteiger partial charge in [0.15, 0.2) is 0 Å². The van der Waals surface area contributed by atoms with Gasteiger partial charge >= 0.3 is 0 Å². The first-order valence-corrected chi connectivity index (χ1v) is 13.1. The van der Waals surface area contributed by atoms with Crippen molar-refractivity contribution in [3.63, 3.8) is 0 Å². The lowest BCUT2D eigenvalue weighted by Gasteiger charge is -2.38. The number of hydrogen-bond donors (Lipinski definition) is 3. The van der Waals surface area contributed by atoms with Gasteiger partial charge in [0.05, 0.1) is 24.3 Å². The van der Waals surface area contributed by atoms with Crippen LogP contribution in [0.5, 0.6) is 0 Å². The molecule has 2 fully saturated rings. The monoisotopic (exact) mass is 482 g/mol. The van der Waals surface area contributed by atoms with Crippen molar-refractivity contribution in [2.45, 2.75) is 64.1 Å². The molecule has 3 aromatic rings. The van der Waals surface area contributed by atoms with E-state index in [1.54, 1.807) is 25.2 Å². The number of hydrogen-bond acceptors (Lipinski definition) is 9. The van der Waals surface area contributed by atoms with Gasteiger partial charge in [-0.15, -0.1) is 11.3 Å². The highest BCUT2D eigenvalue weighted by Crippen LogP contribution is 2.33. The number of aliphatic hydroxyl groups is 1. The number of nitrogens with one attached hydrogen (secondary N) is 2. The molecule has 0 aromatic carbocycles. The zero-order valence-corrected chi connectivity index (χ0v) is 21.0. The number of morpholine rings is 1. The molecule has 1 aliphatic heterocycles. The summed E-state index contributed by atoms with van der Waals surface area (Å²) in [4.78, 5) is 17.8. The van der Waals surface area contributed by atoms with E-state index in [4.69, 9.17) is 14.7 Å². The lowest BCUT2D eigenvalue weighted by molar-refractivity contribution is 0.00790. The predicted octanol–water partition coefficient (Wildman–Crippen LogP) is 4.42. The Morgan fingerprint density at radius 2 is 1.85 bits per heavy atom. The van der Waals surface area contributed by atoms with Crippen molar-refractivity contribution >= 4 is 39.1 Å². The maximum Gasteiger partial charge on any atom is 0.226 e. The third-order valence-corrected chi connectivity index (χ3v) is 7.82. The van der Waals surface area contributed by atoms with Crippen LogP contribution in [0.3, 0.4) is 0 Å². The normalized spacial score (nSPS) is 22.1. The number of fused-ring (bicyclic) bond motifs is 1. The Bertz CT molecular complexity index is 1130. The van der Waals surface area contributed by atoms with E-state index >= 15 is 0 Å². The summed E-state index contributed by atoms with van der Waals surface area (Å²) in [6.07, 6.45) is 4.61. The van der Waals surface area contributed by atoms with Crippen LogP contribution in [0.15, 0.2) is 23.6 Å². The maximum atomic E-state index is 10.4. The van der Waals surface area contributed by atoms with Gasteiger partial charge in [-0.3, -0.25) is 4.90 Å². The Balaban J connectivity index is 1.33. The number of nitrogens with zero attached hydrogens (tertiary/aromatic N) is 4. The van der Waals surface area contributed by atoms with E-state index in [0.717, 1.165) is 60.7 Å². The summed E-state index contributed by atoms with van der Waals surface area (Å²) in [7, 11) is 0. The minimum absolute atomic E-state index is 0.375. The molecule has 1 aliphatic carbocycles. The Morgan fingerprint density at radius 1 is 1.09 bits per heavy atom. The van der Waals surface area contributed by atoms with Gasteiger partial charge in [-0.1, -0.05) is 6.07 Å². The van der Waals surface area contributed by atoms with Crippen LogP contribution in [0.25, 0.3) is 10.2 Å². The standard InChI is InChI=1S/C25H34N6O2S/c1-16-15-34-23-21(16)22(28-20-6-4-5-19(27-20)25(2,3)32)29-24(30-23)26-17-7-9-18(10-8-17)31-11-13-33-14-12-31/h4-6,15,17-18,32H,7-14H2,1-3H3,(H2,26,27,28,29,30). The van der Waals surface area contributed by atoms with Crippen molar-refractivity contribution in [2.24, 2.45) is 0 Å². The molecular weight excluding hydrogens is 448 g/mol. The first kappa shape index (κ1) is 23.4. The fourth-order valence-corrected chi connectivity index (χ4v) is 5.84. The molecule has 1 saturated heterocycles. The molecule has 0 unspecified atom stereocenters. The molecule has 0 spiro atoms. The lowest BCUT2D eigenvalue weighted by Crippen LogP contribution is -2.46. The minimum atomic E-state index is -1.01. The van der Waals surface area contributed by atoms with E-state index in [1.807, 2.05) is 18.2 Å². The van der Waals surface area contributed by atoms with Crippen LogP contribution < -0.4 is 10.6 Å². The molecule has 0 amide bonds. The van der Waals surface area contributed by atoms with Gasteiger partial charge in [0.1, 0.15) is 22.1 Å². The average molecular weight is 483 g/mol. The molecule has 4 heterocycles. The van der Waals surface area contributed by atoms with Gasteiger partial charge in [-0.2, -0.15) is 4.98 Å². The quantitative estimate of drug-likeness (QED) is 0.475. The van der Waals surface area contributed by atoms with Gasteiger partial charge < -0.3 is 20.5 Å². The number of anilines is 3. The largest absolute Gasteiger partial charge is 0.384 e. The topological polar surface area (TPSA) is 95.4 Å². The lowest BCUT2D eigenvalue weighted by atomic mass is 9.90. The molecule has 1 saturated carbocycles. The summed E-state index contributed by atoms with van der Waals surface area (Å²) in [5.74, 6) is 2.06. The fourth-order valence-electron chi connectivity index (χ4n) is 4.92. The molecule has 182 valence electrons. The van der Waals surface area contributed by atoms with E-state index in [9.17, 15) is 5.11 Å². The van der Waals surface area contributed by atoms with Crippen LogP contribution in [-0.4, -0.2) is 63.3 Å². The molecule has 9 heteroatoms. The zero-order valence-electron chi connectivity index (χ0n) is 20.2. The second-order valence-electron chi connectivity index (χ2n) is 9.88. The summed E-state index contributed by atoms with van der Waals surface area (Å²) in [6.45, 7) is 9.37. The SMILES string of the molecule is Cc1csc2nc(NC3CCC(N4CCOCC4)CC3)nc(Nc3cccc(C(C)(C)O)n3)c12. The van der Waals surface area contributed by atoms with Crippen molar-refractivity contribution in [3.05, 3.63) is 34.8 Å². The Kier molecular flexibility index (Phi) is 6.70. The Labute approximate surface area is 204 Å². The molecule has 0 bridgehead atoms. The number of aromatic nitrogens is 3. The molecule has 0 atom stereocenters. The molecule has 5 rings (SSSR count). The van der Waals surface area contributed by atoms with Crippen molar-refractivity contribution in [2.75, 3.05) is 36.9 Å². The van der Waals surface area contributed by atoms with Crippen LogP contribution in [0.2, 0.25) is 0 Å². The van der Waals surface area contributed by atoms with Crippen LogP contribution >= 0.6 is 11.3 Å². The van der Waals surface area contributed by atoms with Crippen molar-refractivity contribution in [1.82, 2.24) is 19.9 Å². The van der Waals surface area contributed by atoms with Gasteiger partial charge in [-0.25, -0.2) is 9.97 Å². The summed E-state index contributed by atoms with van der Waals surface area (Å²) in [5.41, 5.74) is 0.739. The Hall–Kier alpha value is -2.33. The number of pyridine rings is 1. The highest BCUT2D eigenvalue weighted by atomic mass is 32.1. The van der Waals surface area contributed by atoms with E-state index in [0.29, 0.717) is 29.5 Å². The highest BCUT2D eigenvalue weighted by Gasteiger charge is 2.27. The van der Waals surface area contributed by atoms with Crippen LogP contribution in [0.4, 0.5) is 17.6 Å². The summed E-state index contributed by atoms with van der Waals surface area (Å²) in [6, 6.07) is 6.66. The van der Waals surface area contributed by atoms with E-state index in [1.165, 1.54) is 12.8 Å². The molecular formula is C25H34N6O2S. The highest BCUT2D eigenvalue weighted by molar-refractivity contribution is 7.17. The Morgan fingerprint density at radius 3 is 2.59 bits per heavy atom.